The summed E-state index contributed by atoms with van der Waals surface area (Å²) in [6.45, 7) is 2.23. The zero-order chi connectivity index (χ0) is 10.8. The van der Waals surface area contributed by atoms with Gasteiger partial charge in [-0.05, 0) is 36.3 Å². The molecule has 0 aromatic heterocycles. The summed E-state index contributed by atoms with van der Waals surface area (Å²) in [6.07, 6.45) is 1.17. The first-order valence-electron chi connectivity index (χ1n) is 5.55. The van der Waals surface area contributed by atoms with E-state index in [0.717, 1.165) is 24.3 Å². The number of alkyl halides is 2. The Morgan fingerprint density at radius 3 is 2.67 bits per heavy atom. The number of rotatable bonds is 2. The molecular weight excluding hydrogens is 194 g/mol. The second-order valence-electron chi connectivity index (χ2n) is 4.59. The summed E-state index contributed by atoms with van der Waals surface area (Å²) in [5.41, 5.74) is 1.25. The van der Waals surface area contributed by atoms with Crippen LogP contribution in [0.5, 0.6) is 0 Å². The van der Waals surface area contributed by atoms with Crippen LogP contribution in [-0.4, -0.2) is 0 Å². The minimum Gasteiger partial charge on any atom is -0.205 e. The highest BCUT2D eigenvalue weighted by Gasteiger charge is 2.23. The van der Waals surface area contributed by atoms with Gasteiger partial charge in [-0.2, -0.15) is 0 Å². The Labute approximate surface area is 89.3 Å². The van der Waals surface area contributed by atoms with E-state index < -0.39 is 6.43 Å². The van der Waals surface area contributed by atoms with Gasteiger partial charge in [-0.3, -0.25) is 0 Å². The molecule has 2 heteroatoms. The third-order valence-corrected chi connectivity index (χ3v) is 3.33. The number of halogens is 2. The third kappa shape index (κ3) is 2.36. The zero-order valence-corrected chi connectivity index (χ0v) is 8.92. The van der Waals surface area contributed by atoms with Crippen LogP contribution >= 0.6 is 0 Å². The fraction of sp³-hybridized carbons (Fsp3) is 0.538. The lowest BCUT2D eigenvalue weighted by Crippen LogP contribution is -1.95. The number of benzene rings is 1. The van der Waals surface area contributed by atoms with Gasteiger partial charge in [-0.25, -0.2) is 8.78 Å². The molecule has 0 nitrogen and oxygen atoms in total. The Morgan fingerprint density at radius 2 is 2.07 bits per heavy atom. The van der Waals surface area contributed by atoms with Crippen molar-refractivity contribution in [3.05, 3.63) is 35.4 Å². The Hall–Kier alpha value is -0.920. The van der Waals surface area contributed by atoms with Crippen molar-refractivity contribution in [3.8, 4) is 0 Å². The van der Waals surface area contributed by atoms with Gasteiger partial charge in [0.15, 0.2) is 0 Å². The van der Waals surface area contributed by atoms with E-state index in [1.165, 1.54) is 12.5 Å². The van der Waals surface area contributed by atoms with Gasteiger partial charge >= 0.3 is 0 Å². The highest BCUT2D eigenvalue weighted by molar-refractivity contribution is 5.27. The molecule has 1 aliphatic rings. The molecule has 1 aromatic carbocycles. The molecule has 0 aliphatic heterocycles. The molecule has 2 atom stereocenters. The predicted molar refractivity (Wildman–Crippen MR) is 57.2 cm³/mol. The molecule has 0 amide bonds. The van der Waals surface area contributed by atoms with Crippen molar-refractivity contribution in [1.82, 2.24) is 0 Å². The summed E-state index contributed by atoms with van der Waals surface area (Å²) in [5, 5.41) is 0. The molecule has 0 heterocycles. The van der Waals surface area contributed by atoms with E-state index in [-0.39, 0.29) is 5.56 Å². The van der Waals surface area contributed by atoms with Crippen LogP contribution in [-0.2, 0) is 0 Å². The lowest BCUT2D eigenvalue weighted by Gasteiger charge is -2.11. The van der Waals surface area contributed by atoms with Gasteiger partial charge in [-0.15, -0.1) is 0 Å². The van der Waals surface area contributed by atoms with Crippen LogP contribution in [0.15, 0.2) is 24.3 Å². The summed E-state index contributed by atoms with van der Waals surface area (Å²) in [7, 11) is 0. The van der Waals surface area contributed by atoms with Gasteiger partial charge in [0.2, 0.25) is 0 Å². The van der Waals surface area contributed by atoms with Crippen LogP contribution in [0, 0.1) is 5.92 Å². The smallest absolute Gasteiger partial charge is 0.205 e. The van der Waals surface area contributed by atoms with Crippen LogP contribution in [0.1, 0.15) is 49.7 Å². The normalized spacial score (nSPS) is 26.1. The Bertz CT molecular complexity index is 333. The second-order valence-corrected chi connectivity index (χ2v) is 4.59. The van der Waals surface area contributed by atoms with Crippen molar-refractivity contribution in [2.75, 3.05) is 0 Å². The third-order valence-electron chi connectivity index (χ3n) is 3.33. The van der Waals surface area contributed by atoms with E-state index in [1.807, 2.05) is 6.07 Å². The first-order valence-corrected chi connectivity index (χ1v) is 5.55. The summed E-state index contributed by atoms with van der Waals surface area (Å²) < 4.78 is 25.0. The van der Waals surface area contributed by atoms with Crippen molar-refractivity contribution >= 4 is 0 Å². The Kier molecular flexibility index (Phi) is 3.03. The van der Waals surface area contributed by atoms with Gasteiger partial charge < -0.3 is 0 Å². The van der Waals surface area contributed by atoms with Crippen molar-refractivity contribution < 1.29 is 8.78 Å². The van der Waals surface area contributed by atoms with Gasteiger partial charge in [0, 0.05) is 5.56 Å². The topological polar surface area (TPSA) is 0 Å². The van der Waals surface area contributed by atoms with Gasteiger partial charge in [0.05, 0.1) is 0 Å². The van der Waals surface area contributed by atoms with Crippen LogP contribution in [0.25, 0.3) is 0 Å². The Morgan fingerprint density at radius 1 is 1.27 bits per heavy atom. The molecule has 1 aliphatic carbocycles. The summed E-state index contributed by atoms with van der Waals surface area (Å²) >= 11 is 0. The van der Waals surface area contributed by atoms with Gasteiger partial charge in [-0.1, -0.05) is 31.5 Å². The highest BCUT2D eigenvalue weighted by Crippen LogP contribution is 2.38. The van der Waals surface area contributed by atoms with Crippen LogP contribution in [0.4, 0.5) is 8.78 Å². The Balaban J connectivity index is 2.18. The lowest BCUT2D eigenvalue weighted by molar-refractivity contribution is 0.151. The molecule has 1 saturated carbocycles. The first-order chi connectivity index (χ1) is 7.16. The standard InChI is InChI=1S/C13H16F2/c1-9-5-6-11(7-9)10-3-2-4-12(8-10)13(14)15/h2-4,8-9,11,13H,5-7H2,1H3. The molecule has 2 unspecified atom stereocenters. The molecule has 0 bridgehead atoms. The molecular formula is C13H16F2. The fourth-order valence-electron chi connectivity index (χ4n) is 2.46. The molecule has 0 spiro atoms. The van der Waals surface area contributed by atoms with E-state index in [1.54, 1.807) is 12.1 Å². The summed E-state index contributed by atoms with van der Waals surface area (Å²) in [4.78, 5) is 0. The molecule has 0 saturated heterocycles. The van der Waals surface area contributed by atoms with E-state index in [0.29, 0.717) is 5.92 Å². The van der Waals surface area contributed by atoms with E-state index in [2.05, 4.69) is 6.92 Å². The van der Waals surface area contributed by atoms with Crippen molar-refractivity contribution in [2.24, 2.45) is 5.92 Å². The molecule has 0 N–H and O–H groups in total. The largest absolute Gasteiger partial charge is 0.263 e. The van der Waals surface area contributed by atoms with E-state index >= 15 is 0 Å². The second kappa shape index (κ2) is 4.30. The highest BCUT2D eigenvalue weighted by atomic mass is 19.3. The van der Waals surface area contributed by atoms with Crippen molar-refractivity contribution in [3.63, 3.8) is 0 Å². The van der Waals surface area contributed by atoms with Gasteiger partial charge in [0.25, 0.3) is 6.43 Å². The van der Waals surface area contributed by atoms with E-state index in [4.69, 9.17) is 0 Å². The first kappa shape index (κ1) is 10.6. The molecule has 1 aromatic rings. The zero-order valence-electron chi connectivity index (χ0n) is 8.92. The fourth-order valence-corrected chi connectivity index (χ4v) is 2.46. The maximum atomic E-state index is 12.5. The number of hydrogen-bond donors (Lipinski definition) is 0. The molecule has 0 radical (unpaired) electrons. The van der Waals surface area contributed by atoms with Crippen LogP contribution < -0.4 is 0 Å². The maximum absolute atomic E-state index is 12.5. The SMILES string of the molecule is CC1CCC(c2cccc(C(F)F)c2)C1. The minimum atomic E-state index is -2.34. The average molecular weight is 210 g/mol. The molecule has 2 rings (SSSR count). The average Bonchev–Trinajstić information content (AvgIpc) is 2.65. The monoisotopic (exact) mass is 210 g/mol. The summed E-state index contributed by atoms with van der Waals surface area (Å²) in [5.74, 6) is 1.24. The number of hydrogen-bond acceptors (Lipinski definition) is 0. The van der Waals surface area contributed by atoms with Crippen LogP contribution in [0.3, 0.4) is 0 Å². The van der Waals surface area contributed by atoms with Crippen molar-refractivity contribution in [2.45, 2.75) is 38.5 Å². The quantitative estimate of drug-likeness (QED) is 0.672. The minimum absolute atomic E-state index is 0.159. The van der Waals surface area contributed by atoms with E-state index in [9.17, 15) is 8.78 Å². The molecule has 82 valence electrons. The van der Waals surface area contributed by atoms with Gasteiger partial charge in [0.1, 0.15) is 0 Å². The maximum Gasteiger partial charge on any atom is 0.263 e. The van der Waals surface area contributed by atoms with Crippen molar-refractivity contribution in [1.29, 1.82) is 0 Å². The van der Waals surface area contributed by atoms with Crippen LogP contribution in [0.2, 0.25) is 0 Å². The molecule has 1 fully saturated rings. The lowest BCUT2D eigenvalue weighted by atomic mass is 9.95. The molecule has 15 heavy (non-hydrogen) atoms. The summed E-state index contributed by atoms with van der Waals surface area (Å²) in [6, 6.07) is 6.91. The predicted octanol–water partition coefficient (Wildman–Crippen LogP) is 4.53.